The van der Waals surface area contributed by atoms with E-state index in [1.165, 1.54) is 32.1 Å². The van der Waals surface area contributed by atoms with Gasteiger partial charge in [-0.15, -0.1) is 0 Å². The van der Waals surface area contributed by atoms with Crippen LogP contribution in [-0.4, -0.2) is 23.6 Å². The molecule has 0 aromatic heterocycles. The second kappa shape index (κ2) is 6.74. The van der Waals surface area contributed by atoms with Crippen LogP contribution in [0.3, 0.4) is 0 Å². The predicted octanol–water partition coefficient (Wildman–Crippen LogP) is 4.75. The van der Waals surface area contributed by atoms with E-state index in [0.29, 0.717) is 17.8 Å². The number of carbonyl (C=O) groups is 2. The van der Waals surface area contributed by atoms with Gasteiger partial charge in [0.05, 0.1) is 11.8 Å². The Bertz CT molecular complexity index is 625. The number of rotatable bonds is 5. The zero-order chi connectivity index (χ0) is 19.6. The first-order valence-electron chi connectivity index (χ1n) is 11.8. The molecule has 6 aliphatic carbocycles. The third kappa shape index (κ3) is 2.84. The Morgan fingerprint density at radius 1 is 0.893 bits per heavy atom. The Labute approximate surface area is 169 Å². The highest BCUT2D eigenvalue weighted by Crippen LogP contribution is 2.61. The third-order valence-electron chi connectivity index (χ3n) is 9.16. The van der Waals surface area contributed by atoms with Crippen LogP contribution in [0.15, 0.2) is 0 Å². The zero-order valence-electron chi connectivity index (χ0n) is 17.7. The highest BCUT2D eigenvalue weighted by Gasteiger charge is 2.60. The van der Waals surface area contributed by atoms with Crippen molar-refractivity contribution >= 4 is 11.9 Å². The van der Waals surface area contributed by atoms with Crippen molar-refractivity contribution in [3.63, 3.8) is 0 Å². The van der Waals surface area contributed by atoms with Gasteiger partial charge in [0.15, 0.2) is 0 Å². The lowest BCUT2D eigenvalue weighted by Crippen LogP contribution is -2.60. The minimum atomic E-state index is -0.212. The van der Waals surface area contributed by atoms with Gasteiger partial charge in [0.2, 0.25) is 0 Å². The second-order valence-corrected chi connectivity index (χ2v) is 11.0. The minimum Gasteiger partial charge on any atom is -0.462 e. The van der Waals surface area contributed by atoms with Crippen LogP contribution in [0.1, 0.15) is 78.6 Å². The molecule has 4 heteroatoms. The molecule has 0 N–H and O–H groups in total. The highest BCUT2D eigenvalue weighted by molar-refractivity contribution is 5.75. The van der Waals surface area contributed by atoms with Gasteiger partial charge in [-0.3, -0.25) is 9.59 Å². The van der Waals surface area contributed by atoms with Crippen molar-refractivity contribution in [2.75, 3.05) is 0 Å². The average Bonchev–Trinajstić information content (AvgIpc) is 3.24. The van der Waals surface area contributed by atoms with E-state index in [0.717, 1.165) is 37.5 Å². The normalized spacial score (nSPS) is 48.3. The van der Waals surface area contributed by atoms with E-state index < -0.39 is 0 Å². The van der Waals surface area contributed by atoms with Gasteiger partial charge in [0.1, 0.15) is 11.7 Å². The molecular formula is C24H36O4. The number of carbonyl (C=O) groups excluding carboxylic acids is 2. The Morgan fingerprint density at radius 3 is 2.04 bits per heavy atom. The van der Waals surface area contributed by atoms with Gasteiger partial charge in [-0.05, 0) is 87.4 Å². The Kier molecular flexibility index (Phi) is 4.56. The third-order valence-corrected chi connectivity index (χ3v) is 9.16. The summed E-state index contributed by atoms with van der Waals surface area (Å²) in [6, 6.07) is 0. The summed E-state index contributed by atoms with van der Waals surface area (Å²) >= 11 is 0. The van der Waals surface area contributed by atoms with E-state index in [4.69, 9.17) is 9.47 Å². The molecule has 6 saturated carbocycles. The molecule has 156 valence electrons. The maximum atomic E-state index is 13.4. The first-order chi connectivity index (χ1) is 13.4. The van der Waals surface area contributed by atoms with Gasteiger partial charge < -0.3 is 9.47 Å². The molecule has 6 rings (SSSR count). The Morgan fingerprint density at radius 2 is 1.50 bits per heavy atom. The van der Waals surface area contributed by atoms with Crippen molar-refractivity contribution in [3.05, 3.63) is 0 Å². The van der Waals surface area contributed by atoms with Crippen molar-refractivity contribution in [2.24, 2.45) is 47.3 Å². The van der Waals surface area contributed by atoms with Crippen LogP contribution in [-0.2, 0) is 19.1 Å². The molecule has 0 saturated heterocycles. The van der Waals surface area contributed by atoms with E-state index in [1.54, 1.807) is 0 Å². The van der Waals surface area contributed by atoms with Crippen LogP contribution in [0.5, 0.6) is 0 Å². The summed E-state index contributed by atoms with van der Waals surface area (Å²) in [5.74, 6) is 3.31. The van der Waals surface area contributed by atoms with E-state index in [9.17, 15) is 9.59 Å². The molecule has 6 bridgehead atoms. The quantitative estimate of drug-likeness (QED) is 0.638. The molecule has 4 nitrogen and oxygen atoms in total. The largest absolute Gasteiger partial charge is 0.462 e. The lowest BCUT2D eigenvalue weighted by molar-refractivity contribution is -0.217. The fourth-order valence-electron chi connectivity index (χ4n) is 8.04. The van der Waals surface area contributed by atoms with Crippen LogP contribution >= 0.6 is 0 Å². The van der Waals surface area contributed by atoms with Crippen LogP contribution in [0.4, 0.5) is 0 Å². The molecule has 4 unspecified atom stereocenters. The minimum absolute atomic E-state index is 0.0205. The van der Waals surface area contributed by atoms with Crippen LogP contribution < -0.4 is 0 Å². The standard InChI is InChI=1S/C24H36O4/c1-4-24(17-6-14-5-15(8-17)9-18(24)7-14)28-23(26)20-11-16-10-19(20)21(12-16)27-22(25)13(2)3/h13-21H,4-12H2,1-3H3. The van der Waals surface area contributed by atoms with E-state index in [1.807, 2.05) is 13.8 Å². The van der Waals surface area contributed by atoms with Crippen molar-refractivity contribution in [3.8, 4) is 0 Å². The van der Waals surface area contributed by atoms with Gasteiger partial charge in [-0.25, -0.2) is 0 Å². The van der Waals surface area contributed by atoms with E-state index in [2.05, 4.69) is 6.92 Å². The fourth-order valence-corrected chi connectivity index (χ4v) is 8.04. The van der Waals surface area contributed by atoms with Crippen molar-refractivity contribution in [2.45, 2.75) is 90.3 Å². The number of ether oxygens (including phenoxy) is 2. The number of hydrogen-bond acceptors (Lipinski definition) is 4. The first-order valence-corrected chi connectivity index (χ1v) is 11.8. The average molecular weight is 389 g/mol. The van der Waals surface area contributed by atoms with Crippen LogP contribution in [0.2, 0.25) is 0 Å². The molecule has 0 aromatic carbocycles. The molecule has 6 aliphatic rings. The summed E-state index contributed by atoms with van der Waals surface area (Å²) in [7, 11) is 0. The Balaban J connectivity index is 1.30. The maximum Gasteiger partial charge on any atom is 0.309 e. The van der Waals surface area contributed by atoms with Crippen molar-refractivity contribution in [1.29, 1.82) is 0 Å². The summed E-state index contributed by atoms with van der Waals surface area (Å²) in [5, 5.41) is 0. The highest BCUT2D eigenvalue weighted by atomic mass is 16.6. The van der Waals surface area contributed by atoms with Gasteiger partial charge in [-0.1, -0.05) is 20.8 Å². The summed E-state index contributed by atoms with van der Waals surface area (Å²) in [5.41, 5.74) is -0.212. The molecule has 0 spiro atoms. The van der Waals surface area contributed by atoms with Gasteiger partial charge in [0, 0.05) is 5.92 Å². The maximum absolute atomic E-state index is 13.4. The molecule has 4 atom stereocenters. The molecule has 0 radical (unpaired) electrons. The van der Waals surface area contributed by atoms with Gasteiger partial charge in [-0.2, -0.15) is 0 Å². The number of esters is 2. The number of hydrogen-bond donors (Lipinski definition) is 0. The molecular weight excluding hydrogens is 352 g/mol. The summed E-state index contributed by atoms with van der Waals surface area (Å²) in [6.07, 6.45) is 10.2. The monoisotopic (exact) mass is 388 g/mol. The molecule has 28 heavy (non-hydrogen) atoms. The smallest absolute Gasteiger partial charge is 0.309 e. The lowest BCUT2D eigenvalue weighted by Gasteiger charge is -2.60. The van der Waals surface area contributed by atoms with E-state index in [-0.39, 0.29) is 41.4 Å². The number of fused-ring (bicyclic) bond motifs is 2. The first kappa shape index (κ1) is 18.9. The molecule has 0 amide bonds. The van der Waals surface area contributed by atoms with Gasteiger partial charge >= 0.3 is 11.9 Å². The van der Waals surface area contributed by atoms with Crippen molar-refractivity contribution < 1.29 is 19.1 Å². The lowest BCUT2D eigenvalue weighted by atomic mass is 9.49. The van der Waals surface area contributed by atoms with Crippen LogP contribution in [0, 0.1) is 47.3 Å². The summed E-state index contributed by atoms with van der Waals surface area (Å²) in [6.45, 7) is 5.97. The zero-order valence-corrected chi connectivity index (χ0v) is 17.7. The molecule has 6 fully saturated rings. The second-order valence-electron chi connectivity index (χ2n) is 11.0. The predicted molar refractivity (Wildman–Crippen MR) is 105 cm³/mol. The topological polar surface area (TPSA) is 52.6 Å². The summed E-state index contributed by atoms with van der Waals surface area (Å²) < 4.78 is 12.3. The fraction of sp³-hybridized carbons (Fsp3) is 0.917. The molecule has 0 aliphatic heterocycles. The van der Waals surface area contributed by atoms with Gasteiger partial charge in [0.25, 0.3) is 0 Å². The van der Waals surface area contributed by atoms with Crippen molar-refractivity contribution in [1.82, 2.24) is 0 Å². The Hall–Kier alpha value is -1.06. The molecule has 0 aromatic rings. The van der Waals surface area contributed by atoms with E-state index >= 15 is 0 Å². The summed E-state index contributed by atoms with van der Waals surface area (Å²) in [4.78, 5) is 25.5. The SMILES string of the molecule is CCC1(OC(=O)C2CC3CC(OC(=O)C(C)C)C2C3)C2CC3CC(C2)CC1C3. The van der Waals surface area contributed by atoms with Crippen LogP contribution in [0.25, 0.3) is 0 Å². The molecule has 0 heterocycles.